The minimum absolute atomic E-state index is 0.172. The van der Waals surface area contributed by atoms with E-state index >= 15 is 0 Å². The zero-order valence-electron chi connectivity index (χ0n) is 19.7. The lowest BCUT2D eigenvalue weighted by Crippen LogP contribution is -2.20. The standard InChI is InChI=1S/C26H21ClFN3O5S/c1-34-19-9-7-18(8-10-19)30-26-31-25(33)22(37-26)13-15-11-20(27)24(21(12-15)35-2)36-14-23(32)29-17-5-3-16(28)4-6-17/h3-13H,14H2,1-2H3,(H,29,32)(H,30,31,33)/b22-13+. The van der Waals surface area contributed by atoms with E-state index in [1.165, 1.54) is 43.1 Å². The molecule has 2 N–H and O–H groups in total. The Morgan fingerprint density at radius 3 is 2.51 bits per heavy atom. The maximum absolute atomic E-state index is 13.0. The van der Waals surface area contributed by atoms with E-state index in [-0.39, 0.29) is 29.0 Å². The highest BCUT2D eigenvalue weighted by molar-refractivity contribution is 8.18. The summed E-state index contributed by atoms with van der Waals surface area (Å²) in [5.74, 6) is -0.00597. The average molecular weight is 542 g/mol. The number of hydrogen-bond acceptors (Lipinski definition) is 7. The topological polar surface area (TPSA) is 98.3 Å². The normalized spacial score (nSPS) is 15.0. The van der Waals surface area contributed by atoms with Crippen LogP contribution in [0, 0.1) is 5.82 Å². The Hall–Kier alpha value is -4.02. The van der Waals surface area contributed by atoms with E-state index in [1.54, 1.807) is 49.6 Å². The molecule has 0 aliphatic carbocycles. The number of benzene rings is 3. The molecular weight excluding hydrogens is 521 g/mol. The van der Waals surface area contributed by atoms with Gasteiger partial charge in [0, 0.05) is 5.69 Å². The Morgan fingerprint density at radius 1 is 1.11 bits per heavy atom. The summed E-state index contributed by atoms with van der Waals surface area (Å²) < 4.78 is 29.1. The van der Waals surface area contributed by atoms with Crippen LogP contribution in [0.4, 0.5) is 15.8 Å². The number of rotatable bonds is 8. The van der Waals surface area contributed by atoms with Gasteiger partial charge in [-0.15, -0.1) is 0 Å². The SMILES string of the molecule is COc1ccc(N=C2NC(=O)/C(=C\c3cc(Cl)c(OCC(=O)Nc4ccc(F)cc4)c(OC)c3)S2)cc1. The minimum atomic E-state index is -0.460. The van der Waals surface area contributed by atoms with Crippen molar-refractivity contribution in [2.75, 3.05) is 26.1 Å². The number of anilines is 1. The minimum Gasteiger partial charge on any atom is -0.497 e. The van der Waals surface area contributed by atoms with Crippen molar-refractivity contribution in [3.63, 3.8) is 0 Å². The monoisotopic (exact) mass is 541 g/mol. The van der Waals surface area contributed by atoms with Crippen molar-refractivity contribution in [2.45, 2.75) is 0 Å². The molecule has 0 aromatic heterocycles. The molecule has 0 radical (unpaired) electrons. The molecule has 1 aliphatic rings. The molecule has 1 fully saturated rings. The first-order valence-electron chi connectivity index (χ1n) is 10.8. The number of thioether (sulfide) groups is 1. The fraction of sp³-hybridized carbons (Fsp3) is 0.115. The van der Waals surface area contributed by atoms with E-state index < -0.39 is 11.7 Å². The molecule has 4 rings (SSSR count). The highest BCUT2D eigenvalue weighted by Gasteiger charge is 2.24. The number of methoxy groups -OCH3 is 2. The molecule has 190 valence electrons. The van der Waals surface area contributed by atoms with Crippen LogP contribution in [0.15, 0.2) is 70.6 Å². The van der Waals surface area contributed by atoms with Gasteiger partial charge in [0.25, 0.3) is 11.8 Å². The molecule has 1 heterocycles. The van der Waals surface area contributed by atoms with Crippen molar-refractivity contribution in [3.05, 3.63) is 82.0 Å². The zero-order valence-corrected chi connectivity index (χ0v) is 21.3. The molecule has 2 amide bonds. The smallest absolute Gasteiger partial charge is 0.264 e. The number of amidine groups is 1. The van der Waals surface area contributed by atoms with Crippen LogP contribution in [0.3, 0.4) is 0 Å². The molecule has 0 spiro atoms. The zero-order chi connectivity index (χ0) is 26.4. The number of carbonyl (C=O) groups excluding carboxylic acids is 2. The number of amides is 2. The molecule has 0 unspecified atom stereocenters. The molecule has 0 saturated carbocycles. The highest BCUT2D eigenvalue weighted by atomic mass is 35.5. The summed E-state index contributed by atoms with van der Waals surface area (Å²) >= 11 is 7.59. The van der Waals surface area contributed by atoms with Crippen LogP contribution in [-0.4, -0.2) is 37.8 Å². The van der Waals surface area contributed by atoms with Crippen LogP contribution >= 0.6 is 23.4 Å². The van der Waals surface area contributed by atoms with Gasteiger partial charge >= 0.3 is 0 Å². The van der Waals surface area contributed by atoms with E-state index in [9.17, 15) is 14.0 Å². The van der Waals surface area contributed by atoms with E-state index in [1.807, 2.05) is 0 Å². The van der Waals surface area contributed by atoms with Gasteiger partial charge in [-0.3, -0.25) is 9.59 Å². The number of carbonyl (C=O) groups is 2. The van der Waals surface area contributed by atoms with Gasteiger partial charge < -0.3 is 24.8 Å². The van der Waals surface area contributed by atoms with Crippen LogP contribution in [0.25, 0.3) is 6.08 Å². The van der Waals surface area contributed by atoms with Gasteiger partial charge in [-0.1, -0.05) is 11.6 Å². The van der Waals surface area contributed by atoms with Gasteiger partial charge in [-0.05, 0) is 84.1 Å². The number of aliphatic imine (C=N–C) groups is 1. The van der Waals surface area contributed by atoms with Gasteiger partial charge in [0.2, 0.25) is 0 Å². The Bertz CT molecular complexity index is 1380. The maximum atomic E-state index is 13.0. The maximum Gasteiger partial charge on any atom is 0.264 e. The van der Waals surface area contributed by atoms with Gasteiger partial charge in [-0.2, -0.15) is 0 Å². The first-order valence-corrected chi connectivity index (χ1v) is 12.0. The molecule has 0 atom stereocenters. The van der Waals surface area contributed by atoms with E-state index in [0.29, 0.717) is 32.8 Å². The molecule has 3 aromatic carbocycles. The molecule has 8 nitrogen and oxygen atoms in total. The fourth-order valence-corrected chi connectivity index (χ4v) is 4.35. The molecule has 1 aliphatic heterocycles. The van der Waals surface area contributed by atoms with Crippen molar-refractivity contribution >= 4 is 57.8 Å². The summed E-state index contributed by atoms with van der Waals surface area (Å²) in [4.78, 5) is 29.6. The number of nitrogens with one attached hydrogen (secondary N) is 2. The van der Waals surface area contributed by atoms with Crippen molar-refractivity contribution in [1.82, 2.24) is 5.32 Å². The third-order valence-corrected chi connectivity index (χ3v) is 6.17. The van der Waals surface area contributed by atoms with Gasteiger partial charge in [0.05, 0.1) is 29.8 Å². The first-order chi connectivity index (χ1) is 17.8. The van der Waals surface area contributed by atoms with Crippen molar-refractivity contribution in [3.8, 4) is 17.2 Å². The number of hydrogen-bond donors (Lipinski definition) is 2. The van der Waals surface area contributed by atoms with Crippen molar-refractivity contribution in [2.24, 2.45) is 4.99 Å². The lowest BCUT2D eigenvalue weighted by Gasteiger charge is -2.13. The number of ether oxygens (including phenoxy) is 3. The van der Waals surface area contributed by atoms with Crippen molar-refractivity contribution in [1.29, 1.82) is 0 Å². The molecule has 3 aromatic rings. The predicted octanol–water partition coefficient (Wildman–Crippen LogP) is 5.41. The third-order valence-electron chi connectivity index (χ3n) is 4.98. The second-order valence-corrected chi connectivity index (χ2v) is 9.00. The Kier molecular flexibility index (Phi) is 8.32. The summed E-state index contributed by atoms with van der Waals surface area (Å²) in [6, 6.07) is 15.7. The molecule has 37 heavy (non-hydrogen) atoms. The van der Waals surface area contributed by atoms with Crippen LogP contribution in [-0.2, 0) is 9.59 Å². The van der Waals surface area contributed by atoms with E-state index in [4.69, 9.17) is 25.8 Å². The second-order valence-electron chi connectivity index (χ2n) is 7.56. The molecular formula is C26H21ClFN3O5S. The molecule has 11 heteroatoms. The lowest BCUT2D eigenvalue weighted by molar-refractivity contribution is -0.118. The first kappa shape index (κ1) is 26.1. The van der Waals surface area contributed by atoms with Crippen molar-refractivity contribution < 1.29 is 28.2 Å². The van der Waals surface area contributed by atoms with Crippen LogP contribution in [0.2, 0.25) is 5.02 Å². The summed E-state index contributed by atoms with van der Waals surface area (Å²) in [5, 5.41) is 5.96. The van der Waals surface area contributed by atoms with Crippen LogP contribution in [0.1, 0.15) is 5.56 Å². The Labute approximate surface area is 221 Å². The number of halogens is 2. The van der Waals surface area contributed by atoms with Gasteiger partial charge in [-0.25, -0.2) is 9.38 Å². The van der Waals surface area contributed by atoms with E-state index in [0.717, 1.165) is 0 Å². The third kappa shape index (κ3) is 6.81. The largest absolute Gasteiger partial charge is 0.497 e. The summed E-state index contributed by atoms with van der Waals surface area (Å²) in [5.41, 5.74) is 1.69. The predicted molar refractivity (Wildman–Crippen MR) is 142 cm³/mol. The summed E-state index contributed by atoms with van der Waals surface area (Å²) in [6.45, 7) is -0.350. The highest BCUT2D eigenvalue weighted by Crippen LogP contribution is 2.38. The van der Waals surface area contributed by atoms with Crippen LogP contribution in [0.5, 0.6) is 17.2 Å². The van der Waals surface area contributed by atoms with E-state index in [2.05, 4.69) is 15.6 Å². The average Bonchev–Trinajstić information content (AvgIpc) is 3.22. The molecule has 1 saturated heterocycles. The Morgan fingerprint density at radius 2 is 1.84 bits per heavy atom. The number of nitrogens with zero attached hydrogens (tertiary/aromatic N) is 1. The summed E-state index contributed by atoms with van der Waals surface area (Å²) in [7, 11) is 3.02. The van der Waals surface area contributed by atoms with Gasteiger partial charge in [0.1, 0.15) is 11.6 Å². The quantitative estimate of drug-likeness (QED) is 0.370. The molecule has 0 bridgehead atoms. The lowest BCUT2D eigenvalue weighted by atomic mass is 10.2. The summed E-state index contributed by atoms with van der Waals surface area (Å²) in [6.07, 6.45) is 1.65. The Balaban J connectivity index is 1.45. The second kappa shape index (κ2) is 11.8. The fourth-order valence-electron chi connectivity index (χ4n) is 3.24. The van der Waals surface area contributed by atoms with Crippen LogP contribution < -0.4 is 24.8 Å². The van der Waals surface area contributed by atoms with Gasteiger partial charge in [0.15, 0.2) is 23.3 Å².